The first kappa shape index (κ1) is 17.9. The highest BCUT2D eigenvalue weighted by Gasteiger charge is 2.43. The Morgan fingerprint density at radius 1 is 1.15 bits per heavy atom. The summed E-state index contributed by atoms with van der Waals surface area (Å²) >= 11 is 1.05. The molecule has 1 aromatic heterocycles. The summed E-state index contributed by atoms with van der Waals surface area (Å²) in [7, 11) is 0. The van der Waals surface area contributed by atoms with Gasteiger partial charge in [-0.2, -0.15) is 8.75 Å². The molecule has 2 heterocycles. The van der Waals surface area contributed by atoms with Crippen LogP contribution in [0.25, 0.3) is 0 Å². The Morgan fingerprint density at radius 3 is 2.42 bits per heavy atom. The van der Waals surface area contributed by atoms with Crippen molar-refractivity contribution in [2.24, 2.45) is 11.8 Å². The predicted octanol–water partition coefficient (Wildman–Crippen LogP) is 1.90. The van der Waals surface area contributed by atoms with Gasteiger partial charge < -0.3 is 15.4 Å². The Bertz CT molecular complexity index is 639. The molecule has 0 aromatic carbocycles. The number of ether oxygens (including phenoxy) is 1. The highest BCUT2D eigenvalue weighted by atomic mass is 32.1. The van der Waals surface area contributed by atoms with Crippen molar-refractivity contribution in [1.29, 1.82) is 0 Å². The van der Waals surface area contributed by atoms with E-state index in [1.54, 1.807) is 0 Å². The van der Waals surface area contributed by atoms with Gasteiger partial charge in [0.25, 0.3) is 5.91 Å². The number of hydrogen-bond acceptors (Lipinski definition) is 6. The van der Waals surface area contributed by atoms with Gasteiger partial charge in [-0.15, -0.1) is 0 Å². The summed E-state index contributed by atoms with van der Waals surface area (Å²) in [5.41, 5.74) is 0.402. The highest BCUT2D eigenvalue weighted by molar-refractivity contribution is 6.99. The molecule has 8 heteroatoms. The van der Waals surface area contributed by atoms with Gasteiger partial charge in [-0.3, -0.25) is 9.59 Å². The van der Waals surface area contributed by atoms with Crippen molar-refractivity contribution in [3.63, 3.8) is 0 Å². The molecule has 142 valence electrons. The summed E-state index contributed by atoms with van der Waals surface area (Å²) in [4.78, 5) is 24.5. The van der Waals surface area contributed by atoms with E-state index in [9.17, 15) is 9.59 Å². The fraction of sp³-hybridized carbons (Fsp3) is 0.778. The number of hydrogen-bond donors (Lipinski definition) is 2. The van der Waals surface area contributed by atoms with Crippen LogP contribution in [0.2, 0.25) is 0 Å². The van der Waals surface area contributed by atoms with Gasteiger partial charge in [0.2, 0.25) is 5.91 Å². The molecule has 1 aliphatic heterocycles. The summed E-state index contributed by atoms with van der Waals surface area (Å²) in [6.07, 6.45) is 8.26. The van der Waals surface area contributed by atoms with Gasteiger partial charge >= 0.3 is 0 Å². The summed E-state index contributed by atoms with van der Waals surface area (Å²) < 4.78 is 13.7. The number of carbonyl (C=O) groups excluding carboxylic acids is 2. The minimum Gasteiger partial charge on any atom is -0.365 e. The Labute approximate surface area is 157 Å². The lowest BCUT2D eigenvalue weighted by molar-refractivity contribution is -0.132. The van der Waals surface area contributed by atoms with Gasteiger partial charge in [0.05, 0.1) is 24.0 Å². The van der Waals surface area contributed by atoms with E-state index < -0.39 is 0 Å². The van der Waals surface area contributed by atoms with E-state index >= 15 is 0 Å². The lowest BCUT2D eigenvalue weighted by Gasteiger charge is -2.19. The van der Waals surface area contributed by atoms with E-state index in [0.717, 1.165) is 56.7 Å². The lowest BCUT2D eigenvalue weighted by atomic mass is 10.0. The maximum absolute atomic E-state index is 12.4. The standard InChI is InChI=1S/C18H26N4O3S/c1-2-14-3-4-16(25-14)18(24)21-13-7-10-5-12(6-11(10)8-13)20-17(23)15-9-19-26-22-15/h9-14,16H,2-8H2,1H3,(H,20,23)(H,21,24)/t10-,11+,12?,13?,14-,16-/m1/s1. The maximum atomic E-state index is 12.4. The molecule has 2 N–H and O–H groups in total. The van der Waals surface area contributed by atoms with Crippen LogP contribution >= 0.6 is 11.7 Å². The van der Waals surface area contributed by atoms with Crippen LogP contribution in [0.4, 0.5) is 0 Å². The fourth-order valence-electron chi connectivity index (χ4n) is 4.87. The second-order valence-electron chi connectivity index (χ2n) is 7.86. The molecule has 0 spiro atoms. The van der Waals surface area contributed by atoms with Crippen molar-refractivity contribution >= 4 is 23.5 Å². The summed E-state index contributed by atoms with van der Waals surface area (Å²) in [5, 5.41) is 6.28. The molecule has 1 aromatic rings. The Morgan fingerprint density at radius 2 is 1.85 bits per heavy atom. The molecule has 26 heavy (non-hydrogen) atoms. The number of nitrogens with zero attached hydrogens (tertiary/aromatic N) is 2. The molecule has 7 nitrogen and oxygen atoms in total. The van der Waals surface area contributed by atoms with Gasteiger partial charge in [-0.05, 0) is 56.8 Å². The first-order valence-electron chi connectivity index (χ1n) is 9.66. The zero-order valence-corrected chi connectivity index (χ0v) is 15.8. The zero-order chi connectivity index (χ0) is 18.1. The van der Waals surface area contributed by atoms with Crippen molar-refractivity contribution in [3.8, 4) is 0 Å². The lowest BCUT2D eigenvalue weighted by Crippen LogP contribution is -2.41. The minimum atomic E-state index is -0.265. The second kappa shape index (κ2) is 7.60. The number of fused-ring (bicyclic) bond motifs is 1. The monoisotopic (exact) mass is 378 g/mol. The highest BCUT2D eigenvalue weighted by Crippen LogP contribution is 2.44. The second-order valence-corrected chi connectivity index (χ2v) is 8.42. The van der Waals surface area contributed by atoms with E-state index in [-0.39, 0.29) is 36.1 Å². The van der Waals surface area contributed by atoms with E-state index in [1.165, 1.54) is 6.20 Å². The van der Waals surface area contributed by atoms with Crippen molar-refractivity contribution in [2.45, 2.75) is 76.2 Å². The molecule has 0 radical (unpaired) electrons. The maximum Gasteiger partial charge on any atom is 0.272 e. The van der Waals surface area contributed by atoms with Crippen LogP contribution in [0.5, 0.6) is 0 Å². The summed E-state index contributed by atoms with van der Waals surface area (Å²) in [6.45, 7) is 2.10. The van der Waals surface area contributed by atoms with Crippen LogP contribution in [0.3, 0.4) is 0 Å². The fourth-order valence-corrected chi connectivity index (χ4v) is 5.28. The minimum absolute atomic E-state index is 0.0619. The van der Waals surface area contributed by atoms with Gasteiger partial charge in [-0.25, -0.2) is 0 Å². The third kappa shape index (κ3) is 3.76. The zero-order valence-electron chi connectivity index (χ0n) is 15.0. The first-order chi connectivity index (χ1) is 12.6. The Balaban J connectivity index is 1.22. The van der Waals surface area contributed by atoms with Crippen LogP contribution in [0.1, 0.15) is 62.4 Å². The molecule has 6 atom stereocenters. The smallest absolute Gasteiger partial charge is 0.272 e. The molecule has 3 fully saturated rings. The topological polar surface area (TPSA) is 93.2 Å². The van der Waals surface area contributed by atoms with Crippen molar-refractivity contribution in [1.82, 2.24) is 19.4 Å². The van der Waals surface area contributed by atoms with E-state index in [1.807, 2.05) is 0 Å². The van der Waals surface area contributed by atoms with Crippen LogP contribution in [-0.4, -0.2) is 44.9 Å². The van der Waals surface area contributed by atoms with Crippen LogP contribution in [-0.2, 0) is 9.53 Å². The number of nitrogens with one attached hydrogen (secondary N) is 2. The van der Waals surface area contributed by atoms with Gasteiger partial charge in [0.15, 0.2) is 5.69 Å². The quantitative estimate of drug-likeness (QED) is 0.816. The van der Waals surface area contributed by atoms with Crippen molar-refractivity contribution in [2.75, 3.05) is 0 Å². The Kier molecular flexibility index (Phi) is 5.22. The molecule has 3 aliphatic rings. The van der Waals surface area contributed by atoms with Crippen molar-refractivity contribution < 1.29 is 14.3 Å². The number of amides is 2. The predicted molar refractivity (Wildman–Crippen MR) is 96.7 cm³/mol. The van der Waals surface area contributed by atoms with E-state index in [4.69, 9.17) is 4.74 Å². The number of carbonyl (C=O) groups is 2. The van der Waals surface area contributed by atoms with Crippen LogP contribution < -0.4 is 10.6 Å². The SMILES string of the molecule is CC[C@@H]1CC[C@H](C(=O)NC2C[C@H]3CC(NC(=O)c4cnsn4)C[C@H]3C2)O1. The number of aromatic nitrogens is 2. The molecular weight excluding hydrogens is 352 g/mol. The third-order valence-electron chi connectivity index (χ3n) is 6.15. The van der Waals surface area contributed by atoms with E-state index in [0.29, 0.717) is 17.5 Å². The van der Waals surface area contributed by atoms with Crippen LogP contribution in [0, 0.1) is 11.8 Å². The van der Waals surface area contributed by atoms with Gasteiger partial charge in [0, 0.05) is 12.1 Å². The summed E-state index contributed by atoms with van der Waals surface area (Å²) in [5.74, 6) is 1.09. The molecule has 0 bridgehead atoms. The molecule has 4 rings (SSSR count). The molecule has 1 saturated heterocycles. The summed E-state index contributed by atoms with van der Waals surface area (Å²) in [6, 6.07) is 0.459. The van der Waals surface area contributed by atoms with Crippen molar-refractivity contribution in [3.05, 3.63) is 11.9 Å². The number of rotatable bonds is 5. The normalized spacial score (nSPS) is 36.0. The average Bonchev–Trinajstić information content (AvgIpc) is 3.38. The molecule has 2 aliphatic carbocycles. The van der Waals surface area contributed by atoms with E-state index in [2.05, 4.69) is 26.3 Å². The molecule has 2 unspecified atom stereocenters. The third-order valence-corrected chi connectivity index (χ3v) is 6.62. The van der Waals surface area contributed by atoms with Crippen LogP contribution in [0.15, 0.2) is 6.20 Å². The first-order valence-corrected chi connectivity index (χ1v) is 10.4. The molecular formula is C18H26N4O3S. The Hall–Kier alpha value is -1.54. The van der Waals surface area contributed by atoms with Gasteiger partial charge in [0.1, 0.15) is 6.10 Å². The van der Waals surface area contributed by atoms with Gasteiger partial charge in [-0.1, -0.05) is 6.92 Å². The molecule has 2 amide bonds. The largest absolute Gasteiger partial charge is 0.365 e. The molecule has 2 saturated carbocycles. The average molecular weight is 378 g/mol.